The molecule has 3 nitrogen and oxygen atoms in total. The molecule has 1 saturated heterocycles. The number of piperidine rings is 1. The molecule has 1 amide bonds. The van der Waals surface area contributed by atoms with Gasteiger partial charge in [-0.2, -0.15) is 0 Å². The summed E-state index contributed by atoms with van der Waals surface area (Å²) in [6.45, 7) is 0.742. The summed E-state index contributed by atoms with van der Waals surface area (Å²) >= 11 is 0. The maximum Gasteiger partial charge on any atom is 0.410 e. The first kappa shape index (κ1) is 20.8. The molecule has 5 heteroatoms. The summed E-state index contributed by atoms with van der Waals surface area (Å²) in [5, 5.41) is 0. The third-order valence-corrected chi connectivity index (χ3v) is 6.58. The largest absolute Gasteiger partial charge is 0.445 e. The predicted octanol–water partition coefficient (Wildman–Crippen LogP) is 6.40. The van der Waals surface area contributed by atoms with E-state index in [9.17, 15) is 13.6 Å². The molecular weight excluding hydrogens is 384 g/mol. The molecule has 0 radical (unpaired) electrons. The zero-order valence-electron chi connectivity index (χ0n) is 17.2. The molecule has 1 aliphatic heterocycles. The molecule has 2 fully saturated rings. The van der Waals surface area contributed by atoms with Gasteiger partial charge in [0.2, 0.25) is 5.92 Å². The summed E-state index contributed by atoms with van der Waals surface area (Å²) in [6, 6.07) is 19.5. The van der Waals surface area contributed by atoms with Gasteiger partial charge < -0.3 is 9.64 Å². The highest BCUT2D eigenvalue weighted by Gasteiger charge is 2.44. The number of rotatable bonds is 4. The SMILES string of the molecule is O=C(OCc1ccccc1)N1CCC(c2ccccc2)CC1C1CCCC(F)(F)C1. The zero-order valence-corrected chi connectivity index (χ0v) is 17.2. The smallest absolute Gasteiger partial charge is 0.410 e. The van der Waals surface area contributed by atoms with Crippen molar-refractivity contribution < 1.29 is 18.3 Å². The molecule has 3 atom stereocenters. The third kappa shape index (κ3) is 5.00. The Kier molecular flexibility index (Phi) is 6.35. The van der Waals surface area contributed by atoms with E-state index in [1.165, 1.54) is 5.56 Å². The summed E-state index contributed by atoms with van der Waals surface area (Å²) in [4.78, 5) is 14.7. The molecule has 2 aromatic rings. The van der Waals surface area contributed by atoms with Crippen LogP contribution in [0.3, 0.4) is 0 Å². The number of nitrogens with zero attached hydrogens (tertiary/aromatic N) is 1. The number of halogens is 2. The highest BCUT2D eigenvalue weighted by atomic mass is 19.3. The normalized spacial score (nSPS) is 26.2. The Morgan fingerprint density at radius 1 is 1.03 bits per heavy atom. The van der Waals surface area contributed by atoms with Crippen molar-refractivity contribution in [2.24, 2.45) is 5.92 Å². The van der Waals surface area contributed by atoms with Crippen LogP contribution in [-0.4, -0.2) is 29.5 Å². The minimum atomic E-state index is -2.64. The van der Waals surface area contributed by atoms with Gasteiger partial charge in [0.15, 0.2) is 0 Å². The van der Waals surface area contributed by atoms with E-state index in [0.29, 0.717) is 19.4 Å². The van der Waals surface area contributed by atoms with Gasteiger partial charge in [-0.25, -0.2) is 13.6 Å². The van der Waals surface area contributed by atoms with Crippen LogP contribution in [0.5, 0.6) is 0 Å². The minimum absolute atomic E-state index is 0.0449. The summed E-state index contributed by atoms with van der Waals surface area (Å²) in [7, 11) is 0. The second-order valence-electron chi connectivity index (χ2n) is 8.65. The Morgan fingerprint density at radius 2 is 1.73 bits per heavy atom. The standard InChI is InChI=1S/C25H29F2NO2/c26-25(27)14-7-12-22(17-25)23-16-21(20-10-5-2-6-11-20)13-15-28(23)24(29)30-18-19-8-3-1-4-9-19/h1-6,8-11,21-23H,7,12-18H2. The van der Waals surface area contributed by atoms with E-state index in [4.69, 9.17) is 4.74 Å². The van der Waals surface area contributed by atoms with Gasteiger partial charge in [-0.05, 0) is 48.6 Å². The lowest BCUT2D eigenvalue weighted by Crippen LogP contribution is -2.51. The van der Waals surface area contributed by atoms with E-state index in [2.05, 4.69) is 12.1 Å². The third-order valence-electron chi connectivity index (χ3n) is 6.58. The van der Waals surface area contributed by atoms with Crippen LogP contribution in [0, 0.1) is 5.92 Å². The van der Waals surface area contributed by atoms with Gasteiger partial charge in [0.1, 0.15) is 6.61 Å². The zero-order chi connectivity index (χ0) is 21.0. The summed E-state index contributed by atoms with van der Waals surface area (Å²) in [5.41, 5.74) is 2.15. The lowest BCUT2D eigenvalue weighted by atomic mass is 9.74. The molecule has 2 aromatic carbocycles. The first-order valence-electron chi connectivity index (χ1n) is 10.9. The van der Waals surface area contributed by atoms with Crippen LogP contribution in [0.2, 0.25) is 0 Å². The van der Waals surface area contributed by atoms with Crippen molar-refractivity contribution in [3.05, 3.63) is 71.8 Å². The van der Waals surface area contributed by atoms with Crippen molar-refractivity contribution in [2.75, 3.05) is 6.54 Å². The van der Waals surface area contributed by atoms with Crippen LogP contribution in [-0.2, 0) is 11.3 Å². The van der Waals surface area contributed by atoms with E-state index in [1.807, 2.05) is 48.5 Å². The summed E-state index contributed by atoms with van der Waals surface area (Å²) < 4.78 is 34.0. The molecular formula is C25H29F2NO2. The van der Waals surface area contributed by atoms with Crippen LogP contribution in [0.25, 0.3) is 0 Å². The van der Waals surface area contributed by atoms with Crippen LogP contribution in [0.1, 0.15) is 55.6 Å². The van der Waals surface area contributed by atoms with Gasteiger partial charge in [0, 0.05) is 25.4 Å². The van der Waals surface area contributed by atoms with E-state index >= 15 is 0 Å². The van der Waals surface area contributed by atoms with E-state index in [1.54, 1.807) is 4.90 Å². The van der Waals surface area contributed by atoms with Crippen LogP contribution >= 0.6 is 0 Å². The predicted molar refractivity (Wildman–Crippen MR) is 112 cm³/mol. The topological polar surface area (TPSA) is 29.5 Å². The van der Waals surface area contributed by atoms with Gasteiger partial charge in [-0.15, -0.1) is 0 Å². The van der Waals surface area contributed by atoms with Gasteiger partial charge >= 0.3 is 6.09 Å². The fraction of sp³-hybridized carbons (Fsp3) is 0.480. The Hall–Kier alpha value is -2.43. The first-order chi connectivity index (χ1) is 14.5. The number of carbonyl (C=O) groups excluding carboxylic acids is 1. The van der Waals surface area contributed by atoms with E-state index in [0.717, 1.165) is 18.4 Å². The van der Waals surface area contributed by atoms with Crippen LogP contribution in [0.15, 0.2) is 60.7 Å². The average Bonchev–Trinajstić information content (AvgIpc) is 2.78. The van der Waals surface area contributed by atoms with Crippen LogP contribution < -0.4 is 0 Å². The van der Waals surface area contributed by atoms with Crippen molar-refractivity contribution in [3.63, 3.8) is 0 Å². The maximum absolute atomic E-state index is 14.2. The number of likely N-dealkylation sites (tertiary alicyclic amines) is 1. The van der Waals surface area contributed by atoms with Gasteiger partial charge in [-0.1, -0.05) is 60.7 Å². The number of amides is 1. The number of carbonyl (C=O) groups is 1. The molecule has 0 aromatic heterocycles. The molecule has 1 aliphatic carbocycles. The average molecular weight is 414 g/mol. The number of hydrogen-bond acceptors (Lipinski definition) is 2. The van der Waals surface area contributed by atoms with E-state index < -0.39 is 5.92 Å². The monoisotopic (exact) mass is 413 g/mol. The Bertz CT molecular complexity index is 828. The quantitative estimate of drug-likeness (QED) is 0.581. The minimum Gasteiger partial charge on any atom is -0.445 e. The number of ether oxygens (including phenoxy) is 1. The Labute approximate surface area is 177 Å². The van der Waals surface area contributed by atoms with E-state index in [-0.39, 0.29) is 43.4 Å². The molecule has 4 rings (SSSR count). The molecule has 2 aliphatic rings. The van der Waals surface area contributed by atoms with Gasteiger partial charge in [0.25, 0.3) is 0 Å². The molecule has 1 saturated carbocycles. The van der Waals surface area contributed by atoms with Crippen molar-refractivity contribution in [3.8, 4) is 0 Å². The first-order valence-corrected chi connectivity index (χ1v) is 10.9. The Morgan fingerprint density at radius 3 is 2.43 bits per heavy atom. The molecule has 0 N–H and O–H groups in total. The fourth-order valence-electron chi connectivity index (χ4n) is 5.04. The van der Waals surface area contributed by atoms with Crippen LogP contribution in [0.4, 0.5) is 13.6 Å². The highest BCUT2D eigenvalue weighted by molar-refractivity contribution is 5.68. The summed E-state index contributed by atoms with van der Waals surface area (Å²) in [6.07, 6.45) is 2.22. The molecule has 160 valence electrons. The van der Waals surface area contributed by atoms with Crippen molar-refractivity contribution >= 4 is 6.09 Å². The van der Waals surface area contributed by atoms with Crippen molar-refractivity contribution in [2.45, 2.75) is 63.0 Å². The number of hydrogen-bond donors (Lipinski definition) is 0. The number of benzene rings is 2. The second-order valence-corrected chi connectivity index (χ2v) is 8.65. The van der Waals surface area contributed by atoms with Gasteiger partial charge in [0.05, 0.1) is 0 Å². The molecule has 0 bridgehead atoms. The molecule has 0 spiro atoms. The molecule has 30 heavy (non-hydrogen) atoms. The fourth-order valence-corrected chi connectivity index (χ4v) is 5.04. The summed E-state index contributed by atoms with van der Waals surface area (Å²) in [5.74, 6) is -2.54. The number of alkyl halides is 2. The lowest BCUT2D eigenvalue weighted by molar-refractivity contribution is -0.0713. The maximum atomic E-state index is 14.2. The Balaban J connectivity index is 1.49. The molecule has 3 unspecified atom stereocenters. The van der Waals surface area contributed by atoms with Crippen molar-refractivity contribution in [1.29, 1.82) is 0 Å². The second kappa shape index (κ2) is 9.15. The lowest BCUT2D eigenvalue weighted by Gasteiger charge is -2.45. The highest BCUT2D eigenvalue weighted by Crippen LogP contribution is 2.44. The van der Waals surface area contributed by atoms with Crippen molar-refractivity contribution in [1.82, 2.24) is 4.90 Å². The van der Waals surface area contributed by atoms with Gasteiger partial charge in [-0.3, -0.25) is 0 Å². The molecule has 1 heterocycles.